The van der Waals surface area contributed by atoms with E-state index in [-0.39, 0.29) is 24.8 Å². The number of para-hydroxylation sites is 1. The van der Waals surface area contributed by atoms with E-state index in [1.807, 2.05) is 30.3 Å². The van der Waals surface area contributed by atoms with Gasteiger partial charge in [-0.15, -0.1) is 0 Å². The molecule has 0 radical (unpaired) electrons. The molecule has 1 N–H and O–H groups in total. The van der Waals surface area contributed by atoms with Crippen LogP contribution in [0.5, 0.6) is 5.75 Å². The topological polar surface area (TPSA) is 67.9 Å². The lowest BCUT2D eigenvalue weighted by Crippen LogP contribution is -2.37. The van der Waals surface area contributed by atoms with Gasteiger partial charge in [0.1, 0.15) is 12.4 Å². The first kappa shape index (κ1) is 17.0. The number of benzene rings is 1. The molecule has 116 valence electrons. The van der Waals surface area contributed by atoms with Crippen LogP contribution in [0.1, 0.15) is 6.42 Å². The van der Waals surface area contributed by atoms with Crippen LogP contribution >= 0.6 is 0 Å². The average molecular weight is 294 g/mol. The summed E-state index contributed by atoms with van der Waals surface area (Å²) in [5.41, 5.74) is 0. The van der Waals surface area contributed by atoms with Gasteiger partial charge in [-0.1, -0.05) is 18.2 Å². The highest BCUT2D eigenvalue weighted by Crippen LogP contribution is 2.07. The quantitative estimate of drug-likeness (QED) is 0.536. The van der Waals surface area contributed by atoms with Crippen molar-refractivity contribution in [1.82, 2.24) is 10.2 Å². The van der Waals surface area contributed by atoms with Gasteiger partial charge >= 0.3 is 5.97 Å². The fourth-order valence-corrected chi connectivity index (χ4v) is 1.64. The van der Waals surface area contributed by atoms with Crippen molar-refractivity contribution in [2.24, 2.45) is 0 Å². The maximum absolute atomic E-state index is 11.7. The fraction of sp³-hybridized carbons (Fsp3) is 0.467. The number of methoxy groups -OCH3 is 1. The number of nitrogens with zero attached hydrogens (tertiary/aromatic N) is 1. The van der Waals surface area contributed by atoms with Crippen LogP contribution in [0, 0.1) is 0 Å². The Kier molecular flexibility index (Phi) is 7.89. The van der Waals surface area contributed by atoms with E-state index in [9.17, 15) is 9.59 Å². The van der Waals surface area contributed by atoms with Gasteiger partial charge in [-0.25, -0.2) is 0 Å². The highest BCUT2D eigenvalue weighted by atomic mass is 16.5. The Morgan fingerprint density at radius 2 is 1.95 bits per heavy atom. The molecular weight excluding hydrogens is 272 g/mol. The molecule has 0 aliphatic carbocycles. The molecule has 6 heteroatoms. The molecule has 1 amide bonds. The van der Waals surface area contributed by atoms with E-state index in [2.05, 4.69) is 10.1 Å². The largest absolute Gasteiger partial charge is 0.492 e. The highest BCUT2D eigenvalue weighted by Gasteiger charge is 2.08. The van der Waals surface area contributed by atoms with Crippen LogP contribution < -0.4 is 10.1 Å². The lowest BCUT2D eigenvalue weighted by atomic mass is 10.3. The van der Waals surface area contributed by atoms with Crippen molar-refractivity contribution in [3.8, 4) is 5.75 Å². The Morgan fingerprint density at radius 3 is 2.62 bits per heavy atom. The van der Waals surface area contributed by atoms with Crippen LogP contribution in [0.15, 0.2) is 30.3 Å². The Labute approximate surface area is 125 Å². The smallest absolute Gasteiger partial charge is 0.306 e. The van der Waals surface area contributed by atoms with Gasteiger partial charge in [0.05, 0.1) is 26.6 Å². The van der Waals surface area contributed by atoms with Crippen LogP contribution in [0.2, 0.25) is 0 Å². The van der Waals surface area contributed by atoms with Crippen LogP contribution in [-0.2, 0) is 14.3 Å². The molecule has 0 fully saturated rings. The third-order valence-corrected chi connectivity index (χ3v) is 2.78. The summed E-state index contributed by atoms with van der Waals surface area (Å²) < 4.78 is 10.0. The number of carbonyl (C=O) groups excluding carboxylic acids is 2. The van der Waals surface area contributed by atoms with Crippen molar-refractivity contribution in [1.29, 1.82) is 0 Å². The highest BCUT2D eigenvalue weighted by molar-refractivity contribution is 5.78. The third kappa shape index (κ3) is 7.94. The molecule has 0 saturated carbocycles. The van der Waals surface area contributed by atoms with Crippen LogP contribution in [-0.4, -0.2) is 57.2 Å². The number of carbonyl (C=O) groups is 2. The number of hydrogen-bond acceptors (Lipinski definition) is 5. The summed E-state index contributed by atoms with van der Waals surface area (Å²) in [5.74, 6) is 0.402. The monoisotopic (exact) mass is 294 g/mol. The molecule has 0 bridgehead atoms. The average Bonchev–Trinajstić information content (AvgIpc) is 2.50. The molecule has 0 saturated heterocycles. The lowest BCUT2D eigenvalue weighted by Gasteiger charge is -2.15. The minimum atomic E-state index is -0.279. The zero-order valence-corrected chi connectivity index (χ0v) is 12.5. The van der Waals surface area contributed by atoms with Crippen LogP contribution in [0.4, 0.5) is 0 Å². The van der Waals surface area contributed by atoms with E-state index < -0.39 is 0 Å². The van der Waals surface area contributed by atoms with Gasteiger partial charge in [-0.3, -0.25) is 14.5 Å². The van der Waals surface area contributed by atoms with E-state index in [4.69, 9.17) is 4.74 Å². The summed E-state index contributed by atoms with van der Waals surface area (Å²) in [6.45, 7) is 1.59. The molecule has 0 atom stereocenters. The maximum Gasteiger partial charge on any atom is 0.306 e. The van der Waals surface area contributed by atoms with Crippen molar-refractivity contribution < 1.29 is 19.1 Å². The van der Waals surface area contributed by atoms with Gasteiger partial charge in [0.2, 0.25) is 5.91 Å². The standard InChI is InChI=1S/C15H22N2O4/c1-17(10-8-15(19)20-2)12-14(18)16-9-11-21-13-6-4-3-5-7-13/h3-7H,8-12H2,1-2H3,(H,16,18). The number of likely N-dealkylation sites (N-methyl/N-ethyl adjacent to an activating group) is 1. The molecule has 1 rings (SSSR count). The molecule has 6 nitrogen and oxygen atoms in total. The van der Waals surface area contributed by atoms with Gasteiger partial charge in [0.25, 0.3) is 0 Å². The molecule has 0 unspecified atom stereocenters. The van der Waals surface area contributed by atoms with E-state index in [1.165, 1.54) is 7.11 Å². The number of esters is 1. The fourth-order valence-electron chi connectivity index (χ4n) is 1.64. The van der Waals surface area contributed by atoms with Crippen molar-refractivity contribution in [3.63, 3.8) is 0 Å². The summed E-state index contributed by atoms with van der Waals surface area (Å²) in [7, 11) is 3.13. The molecule has 0 aliphatic heterocycles. The Balaban J connectivity index is 2.09. The zero-order valence-electron chi connectivity index (χ0n) is 12.5. The number of ether oxygens (including phenoxy) is 2. The minimum Gasteiger partial charge on any atom is -0.492 e. The Morgan fingerprint density at radius 1 is 1.24 bits per heavy atom. The number of rotatable bonds is 9. The predicted octanol–water partition coefficient (Wildman–Crippen LogP) is 0.677. The second kappa shape index (κ2) is 9.77. The number of nitrogens with one attached hydrogen (secondary N) is 1. The number of amides is 1. The molecule has 0 aliphatic rings. The lowest BCUT2D eigenvalue weighted by molar-refractivity contribution is -0.141. The molecule has 0 spiro atoms. The summed E-state index contributed by atoms with van der Waals surface area (Å²) in [6, 6.07) is 9.43. The normalized spacial score (nSPS) is 10.2. The second-order valence-electron chi connectivity index (χ2n) is 4.58. The summed E-state index contributed by atoms with van der Waals surface area (Å²) in [5, 5.41) is 2.76. The Hall–Kier alpha value is -2.08. The maximum atomic E-state index is 11.7. The van der Waals surface area contributed by atoms with Gasteiger partial charge in [-0.05, 0) is 19.2 Å². The van der Waals surface area contributed by atoms with Gasteiger partial charge < -0.3 is 14.8 Å². The molecule has 0 heterocycles. The van der Waals surface area contributed by atoms with Gasteiger partial charge in [-0.2, -0.15) is 0 Å². The molecular formula is C15H22N2O4. The van der Waals surface area contributed by atoms with Crippen molar-refractivity contribution >= 4 is 11.9 Å². The summed E-state index contributed by atoms with van der Waals surface area (Å²) in [4.78, 5) is 24.4. The molecule has 1 aromatic rings. The van der Waals surface area contributed by atoms with Crippen molar-refractivity contribution in [3.05, 3.63) is 30.3 Å². The molecule has 21 heavy (non-hydrogen) atoms. The number of hydrogen-bond donors (Lipinski definition) is 1. The van der Waals surface area contributed by atoms with Crippen LogP contribution in [0.3, 0.4) is 0 Å². The minimum absolute atomic E-state index is 0.0981. The molecule has 0 aromatic heterocycles. The first-order valence-electron chi connectivity index (χ1n) is 6.81. The first-order chi connectivity index (χ1) is 10.1. The van der Waals surface area contributed by atoms with E-state index in [0.29, 0.717) is 19.7 Å². The SMILES string of the molecule is COC(=O)CCN(C)CC(=O)NCCOc1ccccc1. The van der Waals surface area contributed by atoms with E-state index >= 15 is 0 Å². The second-order valence-corrected chi connectivity index (χ2v) is 4.58. The van der Waals surface area contributed by atoms with Crippen molar-refractivity contribution in [2.75, 3.05) is 40.4 Å². The Bertz CT molecular complexity index is 437. The summed E-state index contributed by atoms with van der Waals surface area (Å²) >= 11 is 0. The van der Waals surface area contributed by atoms with Crippen LogP contribution in [0.25, 0.3) is 0 Å². The summed E-state index contributed by atoms with van der Waals surface area (Å²) in [6.07, 6.45) is 0.275. The first-order valence-corrected chi connectivity index (χ1v) is 6.81. The predicted molar refractivity (Wildman–Crippen MR) is 79.1 cm³/mol. The van der Waals surface area contributed by atoms with E-state index in [0.717, 1.165) is 5.75 Å². The molecule has 1 aromatic carbocycles. The van der Waals surface area contributed by atoms with Crippen molar-refractivity contribution in [2.45, 2.75) is 6.42 Å². The third-order valence-electron chi connectivity index (χ3n) is 2.78. The zero-order chi connectivity index (χ0) is 15.5. The van der Waals surface area contributed by atoms with Gasteiger partial charge in [0, 0.05) is 6.54 Å². The van der Waals surface area contributed by atoms with Gasteiger partial charge in [0.15, 0.2) is 0 Å². The van der Waals surface area contributed by atoms with E-state index in [1.54, 1.807) is 11.9 Å².